The number of aromatic nitrogens is 4. The van der Waals surface area contributed by atoms with Gasteiger partial charge in [-0.1, -0.05) is 55.5 Å². The molecule has 3 rings (SSSR count). The third-order valence-corrected chi connectivity index (χ3v) is 3.81. The molecule has 0 atom stereocenters. The van der Waals surface area contributed by atoms with Crippen molar-refractivity contribution in [2.45, 2.75) is 26.7 Å². The number of fused-ring (bicyclic) bond motifs is 1. The highest BCUT2D eigenvalue weighted by atomic mass is 32.1. The number of hydrogen-bond acceptors (Lipinski definition) is 4. The Morgan fingerprint density at radius 2 is 1.95 bits per heavy atom. The molecule has 0 N–H and O–H groups in total. The molecule has 0 aliphatic carbocycles. The Hall–Kier alpha value is -1.75. The van der Waals surface area contributed by atoms with E-state index in [4.69, 9.17) is 0 Å². The lowest BCUT2D eigenvalue weighted by atomic mass is 10.1. The van der Waals surface area contributed by atoms with Crippen molar-refractivity contribution in [1.29, 1.82) is 0 Å². The Morgan fingerprint density at radius 1 is 1.16 bits per heavy atom. The van der Waals surface area contributed by atoms with Crippen molar-refractivity contribution >= 4 is 16.3 Å². The Kier molecular flexibility index (Phi) is 3.29. The Balaban J connectivity index is 1.89. The van der Waals surface area contributed by atoms with Gasteiger partial charge in [-0.2, -0.15) is 9.61 Å². The monoisotopic (exact) mass is 272 g/mol. The van der Waals surface area contributed by atoms with Gasteiger partial charge in [-0.15, -0.1) is 10.2 Å². The van der Waals surface area contributed by atoms with Crippen molar-refractivity contribution in [3.8, 4) is 0 Å². The van der Waals surface area contributed by atoms with E-state index in [1.165, 1.54) is 5.56 Å². The first-order valence-corrected chi connectivity index (χ1v) is 7.28. The summed E-state index contributed by atoms with van der Waals surface area (Å²) in [5.41, 5.74) is 1.23. The molecule has 19 heavy (non-hydrogen) atoms. The van der Waals surface area contributed by atoms with E-state index >= 15 is 0 Å². The van der Waals surface area contributed by atoms with Gasteiger partial charge in [0, 0.05) is 12.8 Å². The molecule has 0 amide bonds. The molecule has 3 aromatic rings. The molecule has 0 fully saturated rings. The third kappa shape index (κ3) is 2.66. The lowest BCUT2D eigenvalue weighted by Gasteiger charge is -1.99. The second-order valence-electron chi connectivity index (χ2n) is 5.07. The molecule has 0 aliphatic rings. The fraction of sp³-hybridized carbons (Fsp3) is 0.357. The molecule has 0 saturated heterocycles. The van der Waals surface area contributed by atoms with Crippen molar-refractivity contribution in [3.63, 3.8) is 0 Å². The summed E-state index contributed by atoms with van der Waals surface area (Å²) in [6, 6.07) is 10.3. The van der Waals surface area contributed by atoms with E-state index in [1.807, 2.05) is 22.7 Å². The lowest BCUT2D eigenvalue weighted by Crippen LogP contribution is -1.99. The van der Waals surface area contributed by atoms with Crippen LogP contribution in [0.4, 0.5) is 0 Å². The molecule has 98 valence electrons. The summed E-state index contributed by atoms with van der Waals surface area (Å²) in [7, 11) is 0. The lowest BCUT2D eigenvalue weighted by molar-refractivity contribution is 0.634. The van der Waals surface area contributed by atoms with Crippen LogP contribution in [-0.2, 0) is 12.8 Å². The van der Waals surface area contributed by atoms with Gasteiger partial charge in [-0.3, -0.25) is 0 Å². The number of nitrogens with zero attached hydrogens (tertiary/aromatic N) is 4. The second-order valence-corrected chi connectivity index (χ2v) is 6.11. The minimum atomic E-state index is 0.612. The van der Waals surface area contributed by atoms with Gasteiger partial charge < -0.3 is 0 Å². The Morgan fingerprint density at radius 3 is 2.68 bits per heavy atom. The molecule has 2 heterocycles. The van der Waals surface area contributed by atoms with Gasteiger partial charge in [0.1, 0.15) is 5.01 Å². The van der Waals surface area contributed by atoms with Crippen molar-refractivity contribution < 1.29 is 0 Å². The summed E-state index contributed by atoms with van der Waals surface area (Å²) in [6.45, 7) is 4.40. The molecule has 0 unspecified atom stereocenters. The van der Waals surface area contributed by atoms with E-state index in [0.717, 1.165) is 28.6 Å². The third-order valence-electron chi connectivity index (χ3n) is 2.89. The summed E-state index contributed by atoms with van der Waals surface area (Å²) in [5.74, 6) is 1.52. The smallest absolute Gasteiger partial charge is 0.187 e. The molecule has 4 nitrogen and oxygen atoms in total. The molecular formula is C14H16N4S. The van der Waals surface area contributed by atoms with Gasteiger partial charge in [-0.25, -0.2) is 0 Å². The fourth-order valence-electron chi connectivity index (χ4n) is 2.02. The van der Waals surface area contributed by atoms with Gasteiger partial charge in [0.25, 0.3) is 0 Å². The first-order valence-electron chi connectivity index (χ1n) is 6.46. The minimum absolute atomic E-state index is 0.612. The molecule has 1 aromatic carbocycles. The van der Waals surface area contributed by atoms with Crippen molar-refractivity contribution in [2.75, 3.05) is 0 Å². The zero-order chi connectivity index (χ0) is 13.2. The van der Waals surface area contributed by atoms with E-state index in [1.54, 1.807) is 11.3 Å². The van der Waals surface area contributed by atoms with E-state index in [0.29, 0.717) is 5.92 Å². The highest BCUT2D eigenvalue weighted by Crippen LogP contribution is 2.18. The number of benzene rings is 1. The number of rotatable bonds is 4. The first kappa shape index (κ1) is 12.3. The Bertz CT molecular complexity index is 669. The van der Waals surface area contributed by atoms with Crippen molar-refractivity contribution in [3.05, 3.63) is 46.7 Å². The van der Waals surface area contributed by atoms with Crippen LogP contribution in [0.25, 0.3) is 4.96 Å². The standard InChI is InChI=1S/C14H16N4S/c1-10(2)8-13-17-18-12(15-16-14(18)19-13)9-11-6-4-3-5-7-11/h3-7,10H,8-9H2,1-2H3. The molecule has 2 aromatic heterocycles. The van der Waals surface area contributed by atoms with Gasteiger partial charge in [0.2, 0.25) is 4.96 Å². The van der Waals surface area contributed by atoms with Gasteiger partial charge >= 0.3 is 0 Å². The van der Waals surface area contributed by atoms with Crippen LogP contribution in [0.1, 0.15) is 30.2 Å². The summed E-state index contributed by atoms with van der Waals surface area (Å²) in [5, 5.41) is 14.2. The van der Waals surface area contributed by atoms with Crippen LogP contribution in [-0.4, -0.2) is 19.8 Å². The number of hydrogen-bond donors (Lipinski definition) is 0. The average molecular weight is 272 g/mol. The quantitative estimate of drug-likeness (QED) is 0.733. The van der Waals surface area contributed by atoms with Crippen LogP contribution >= 0.6 is 11.3 Å². The topological polar surface area (TPSA) is 43.1 Å². The van der Waals surface area contributed by atoms with Crippen LogP contribution in [0.15, 0.2) is 30.3 Å². The maximum absolute atomic E-state index is 4.62. The van der Waals surface area contributed by atoms with Gasteiger partial charge in [0.05, 0.1) is 0 Å². The normalized spacial score (nSPS) is 11.5. The minimum Gasteiger partial charge on any atom is -0.187 e. The average Bonchev–Trinajstić information content (AvgIpc) is 2.92. The second kappa shape index (κ2) is 5.09. The molecule has 0 bridgehead atoms. The predicted octanol–water partition coefficient (Wildman–Crippen LogP) is 2.98. The highest BCUT2D eigenvalue weighted by Gasteiger charge is 2.12. The largest absolute Gasteiger partial charge is 0.234 e. The molecule has 0 spiro atoms. The van der Waals surface area contributed by atoms with E-state index in [9.17, 15) is 0 Å². The van der Waals surface area contributed by atoms with Gasteiger partial charge in [0.15, 0.2) is 5.82 Å². The van der Waals surface area contributed by atoms with Crippen molar-refractivity contribution in [1.82, 2.24) is 19.8 Å². The zero-order valence-corrected chi connectivity index (χ0v) is 11.9. The maximum atomic E-state index is 4.62. The summed E-state index contributed by atoms with van der Waals surface area (Å²) in [6.07, 6.45) is 1.77. The summed E-state index contributed by atoms with van der Waals surface area (Å²) >= 11 is 1.64. The predicted molar refractivity (Wildman–Crippen MR) is 76.4 cm³/mol. The van der Waals surface area contributed by atoms with E-state index < -0.39 is 0 Å². The summed E-state index contributed by atoms with van der Waals surface area (Å²) < 4.78 is 1.88. The molecule has 0 aliphatic heterocycles. The summed E-state index contributed by atoms with van der Waals surface area (Å²) in [4.78, 5) is 0.890. The van der Waals surface area contributed by atoms with E-state index in [2.05, 4.69) is 41.3 Å². The van der Waals surface area contributed by atoms with E-state index in [-0.39, 0.29) is 0 Å². The fourth-order valence-corrected chi connectivity index (χ4v) is 3.08. The van der Waals surface area contributed by atoms with Crippen LogP contribution < -0.4 is 0 Å². The van der Waals surface area contributed by atoms with Crippen LogP contribution in [0, 0.1) is 5.92 Å². The molecule has 0 radical (unpaired) electrons. The van der Waals surface area contributed by atoms with Crippen molar-refractivity contribution in [2.24, 2.45) is 5.92 Å². The van der Waals surface area contributed by atoms with Crippen LogP contribution in [0.2, 0.25) is 0 Å². The van der Waals surface area contributed by atoms with Crippen LogP contribution in [0.5, 0.6) is 0 Å². The molecule has 5 heteroatoms. The maximum Gasteiger partial charge on any atom is 0.234 e. The zero-order valence-electron chi connectivity index (χ0n) is 11.1. The SMILES string of the molecule is CC(C)Cc1nn2c(Cc3ccccc3)nnc2s1. The molecular weight excluding hydrogens is 256 g/mol. The highest BCUT2D eigenvalue weighted by molar-refractivity contribution is 7.16. The molecule has 0 saturated carbocycles. The van der Waals surface area contributed by atoms with Gasteiger partial charge in [-0.05, 0) is 11.5 Å². The van der Waals surface area contributed by atoms with Crippen LogP contribution in [0.3, 0.4) is 0 Å². The Labute approximate surface area is 116 Å². The first-order chi connectivity index (χ1) is 9.22.